The number of ether oxygens (including phenoxy) is 1. The first-order chi connectivity index (χ1) is 12.0. The number of carbonyl (C=O) groups is 1. The summed E-state index contributed by atoms with van der Waals surface area (Å²) in [6.07, 6.45) is 1.42. The standard InChI is InChI=1S/C14H13BrN2O6S3/c1-25(19,20)14(26(2,21)22)17(12(18)7-23-14)13-16-11(8-24-13)9-3-5-10(15)6-4-9/h3-6,8H,7H2,1-2H3. The number of anilines is 1. The quantitative estimate of drug-likeness (QED) is 0.653. The smallest absolute Gasteiger partial charge is 0.320 e. The van der Waals surface area contributed by atoms with Crippen molar-refractivity contribution in [2.75, 3.05) is 24.0 Å². The maximum Gasteiger partial charge on any atom is 0.357 e. The lowest BCUT2D eigenvalue weighted by Crippen LogP contribution is -2.57. The number of hydrogen-bond donors (Lipinski definition) is 0. The summed E-state index contributed by atoms with van der Waals surface area (Å²) in [5, 5.41) is 1.54. The number of halogens is 1. The predicted molar refractivity (Wildman–Crippen MR) is 101 cm³/mol. The number of benzene rings is 1. The summed E-state index contributed by atoms with van der Waals surface area (Å²) >= 11 is 4.28. The summed E-state index contributed by atoms with van der Waals surface area (Å²) in [7, 11) is -8.72. The Morgan fingerprint density at radius 1 is 1.15 bits per heavy atom. The molecule has 0 spiro atoms. The van der Waals surface area contributed by atoms with Gasteiger partial charge in [0, 0.05) is 27.9 Å². The molecule has 1 aliphatic rings. The van der Waals surface area contributed by atoms with Crippen molar-refractivity contribution in [3.63, 3.8) is 0 Å². The van der Waals surface area contributed by atoms with Crippen molar-refractivity contribution < 1.29 is 26.4 Å². The van der Waals surface area contributed by atoms with Crippen LogP contribution in [0.5, 0.6) is 0 Å². The lowest BCUT2D eigenvalue weighted by Gasteiger charge is -2.31. The Kier molecular flexibility index (Phi) is 4.76. The first-order valence-corrected chi connectivity index (χ1v) is 12.5. The number of nitrogens with zero attached hydrogens (tertiary/aromatic N) is 2. The fourth-order valence-corrected chi connectivity index (χ4v) is 7.66. The van der Waals surface area contributed by atoms with Gasteiger partial charge in [0.2, 0.25) is 19.7 Å². The van der Waals surface area contributed by atoms with E-state index in [0.29, 0.717) is 23.1 Å². The molecule has 1 aromatic carbocycles. The van der Waals surface area contributed by atoms with Gasteiger partial charge in [-0.25, -0.2) is 26.7 Å². The molecule has 2 aromatic rings. The SMILES string of the molecule is CS(=O)(=O)C1(S(C)(=O)=O)OCC(=O)N1c1nc(-c2ccc(Br)cc2)cs1. The third-order valence-corrected chi connectivity index (χ3v) is 9.31. The first-order valence-electron chi connectivity index (χ1n) is 7.05. The number of amides is 1. The van der Waals surface area contributed by atoms with Gasteiger partial charge in [0.15, 0.2) is 5.13 Å². The zero-order valence-electron chi connectivity index (χ0n) is 13.5. The second kappa shape index (κ2) is 6.37. The molecule has 8 nitrogen and oxygen atoms in total. The molecule has 1 fully saturated rings. The van der Waals surface area contributed by atoms with Gasteiger partial charge in [-0.05, 0) is 12.1 Å². The Balaban J connectivity index is 2.15. The Morgan fingerprint density at radius 2 is 1.73 bits per heavy atom. The number of thiazole rings is 1. The fourth-order valence-electron chi connectivity index (χ4n) is 2.60. The molecule has 0 saturated carbocycles. The van der Waals surface area contributed by atoms with Gasteiger partial charge in [0.1, 0.15) is 6.61 Å². The van der Waals surface area contributed by atoms with Crippen LogP contribution in [-0.4, -0.2) is 51.2 Å². The molecule has 1 aliphatic heterocycles. The maximum atomic E-state index is 12.3. The lowest BCUT2D eigenvalue weighted by molar-refractivity contribution is -0.117. The number of carbonyl (C=O) groups excluding carboxylic acids is 1. The molecule has 12 heteroatoms. The van der Waals surface area contributed by atoms with E-state index in [-0.39, 0.29) is 5.13 Å². The lowest BCUT2D eigenvalue weighted by atomic mass is 10.2. The van der Waals surface area contributed by atoms with Crippen LogP contribution in [0.4, 0.5) is 5.13 Å². The van der Waals surface area contributed by atoms with Crippen molar-refractivity contribution in [3.05, 3.63) is 34.1 Å². The minimum atomic E-state index is -4.36. The molecule has 0 radical (unpaired) electrons. The minimum Gasteiger partial charge on any atom is -0.320 e. The average molecular weight is 481 g/mol. The van der Waals surface area contributed by atoms with Crippen molar-refractivity contribution in [1.82, 2.24) is 4.98 Å². The Labute approximate surface area is 162 Å². The van der Waals surface area contributed by atoms with E-state index in [9.17, 15) is 21.6 Å². The summed E-state index contributed by atoms with van der Waals surface area (Å²) in [5.41, 5.74) is 1.21. The van der Waals surface area contributed by atoms with E-state index in [1.54, 1.807) is 29.6 Å². The van der Waals surface area contributed by atoms with Crippen LogP contribution in [0.25, 0.3) is 11.3 Å². The van der Waals surface area contributed by atoms with Gasteiger partial charge in [0.05, 0.1) is 5.69 Å². The molecule has 140 valence electrons. The van der Waals surface area contributed by atoms with Crippen molar-refractivity contribution in [1.29, 1.82) is 0 Å². The van der Waals surface area contributed by atoms with Crippen LogP contribution in [-0.2, 0) is 29.2 Å². The van der Waals surface area contributed by atoms with Crippen LogP contribution in [0.2, 0.25) is 0 Å². The molecule has 1 aromatic heterocycles. The van der Waals surface area contributed by atoms with E-state index in [0.717, 1.165) is 21.4 Å². The Hall–Kier alpha value is -1.34. The maximum absolute atomic E-state index is 12.3. The first kappa shape index (κ1) is 19.4. The van der Waals surface area contributed by atoms with Crippen molar-refractivity contribution in [3.8, 4) is 11.3 Å². The third-order valence-electron chi connectivity index (χ3n) is 3.66. The highest BCUT2D eigenvalue weighted by atomic mass is 79.9. The van der Waals surface area contributed by atoms with Gasteiger partial charge >= 0.3 is 4.39 Å². The molecule has 0 unspecified atom stereocenters. The van der Waals surface area contributed by atoms with Gasteiger partial charge in [-0.1, -0.05) is 28.1 Å². The van der Waals surface area contributed by atoms with Crippen LogP contribution in [0.3, 0.4) is 0 Å². The average Bonchev–Trinajstić information content (AvgIpc) is 3.11. The van der Waals surface area contributed by atoms with E-state index < -0.39 is 36.6 Å². The largest absolute Gasteiger partial charge is 0.357 e. The zero-order valence-corrected chi connectivity index (χ0v) is 17.6. The molecular weight excluding hydrogens is 468 g/mol. The van der Waals surface area contributed by atoms with Gasteiger partial charge < -0.3 is 4.74 Å². The highest BCUT2D eigenvalue weighted by Crippen LogP contribution is 2.41. The van der Waals surface area contributed by atoms with Gasteiger partial charge in [-0.15, -0.1) is 11.3 Å². The minimum absolute atomic E-state index is 0.0683. The number of rotatable bonds is 4. The second-order valence-corrected chi connectivity index (χ2v) is 11.8. The van der Waals surface area contributed by atoms with Crippen LogP contribution in [0.1, 0.15) is 0 Å². The number of sulfone groups is 2. The topological polar surface area (TPSA) is 111 Å². The molecule has 0 aliphatic carbocycles. The Morgan fingerprint density at radius 3 is 2.27 bits per heavy atom. The summed E-state index contributed by atoms with van der Waals surface area (Å²) in [5.74, 6) is -0.794. The summed E-state index contributed by atoms with van der Waals surface area (Å²) in [4.78, 5) is 17.2. The highest BCUT2D eigenvalue weighted by molar-refractivity contribution is 9.10. The van der Waals surface area contributed by atoms with Gasteiger partial charge in [-0.2, -0.15) is 0 Å². The molecule has 3 rings (SSSR count). The summed E-state index contributed by atoms with van der Waals surface area (Å²) in [6, 6.07) is 7.17. The third kappa shape index (κ3) is 2.99. The number of hydrogen-bond acceptors (Lipinski definition) is 8. The van der Waals surface area contributed by atoms with E-state index in [4.69, 9.17) is 4.74 Å². The van der Waals surface area contributed by atoms with E-state index in [1.807, 2.05) is 0 Å². The zero-order chi connectivity index (χ0) is 19.3. The Bertz CT molecular complexity index is 1040. The van der Waals surface area contributed by atoms with Crippen molar-refractivity contribution >= 4 is 58.0 Å². The number of aromatic nitrogens is 1. The van der Waals surface area contributed by atoms with Gasteiger partial charge in [-0.3, -0.25) is 4.79 Å². The monoisotopic (exact) mass is 480 g/mol. The van der Waals surface area contributed by atoms with E-state index in [1.165, 1.54) is 0 Å². The van der Waals surface area contributed by atoms with E-state index in [2.05, 4.69) is 20.9 Å². The molecule has 0 atom stereocenters. The summed E-state index contributed by atoms with van der Waals surface area (Å²) < 4.78 is 52.4. The second-order valence-electron chi connectivity index (χ2n) is 5.61. The van der Waals surface area contributed by atoms with Crippen molar-refractivity contribution in [2.45, 2.75) is 4.39 Å². The molecule has 1 saturated heterocycles. The van der Waals surface area contributed by atoms with Crippen LogP contribution < -0.4 is 4.90 Å². The van der Waals surface area contributed by atoms with Crippen molar-refractivity contribution in [2.24, 2.45) is 0 Å². The molecular formula is C14H13BrN2O6S3. The van der Waals surface area contributed by atoms with Crippen LogP contribution in [0.15, 0.2) is 34.1 Å². The highest BCUT2D eigenvalue weighted by Gasteiger charge is 2.64. The fraction of sp³-hybridized carbons (Fsp3) is 0.286. The molecule has 0 bridgehead atoms. The molecule has 2 heterocycles. The summed E-state index contributed by atoms with van der Waals surface area (Å²) in [6.45, 7) is -0.673. The molecule has 0 N–H and O–H groups in total. The molecule has 26 heavy (non-hydrogen) atoms. The van der Waals surface area contributed by atoms with Gasteiger partial charge in [0.25, 0.3) is 5.91 Å². The van der Waals surface area contributed by atoms with Crippen LogP contribution >= 0.6 is 27.3 Å². The predicted octanol–water partition coefficient (Wildman–Crippen LogP) is 1.64. The molecule has 1 amide bonds. The van der Waals surface area contributed by atoms with E-state index >= 15 is 0 Å². The normalized spacial score (nSPS) is 17.7. The van der Waals surface area contributed by atoms with Crippen LogP contribution in [0, 0.1) is 0 Å².